The normalized spacial score (nSPS) is 10.7. The number of aromatic nitrogens is 2. The Kier molecular flexibility index (Phi) is 2.81. The number of phenolic OH excluding ortho intramolecular Hbond substituents is 1. The Morgan fingerprint density at radius 1 is 1.31 bits per heavy atom. The summed E-state index contributed by atoms with van der Waals surface area (Å²) >= 11 is 0. The molecule has 1 heterocycles. The Hall–Kier alpha value is -1.97. The van der Waals surface area contributed by atoms with Crippen LogP contribution in [0.3, 0.4) is 0 Å². The third-order valence-electron chi connectivity index (χ3n) is 2.06. The molecule has 2 aromatic rings. The molecule has 4 heteroatoms. The second-order valence-electron chi connectivity index (χ2n) is 3.78. The highest BCUT2D eigenvalue weighted by Crippen LogP contribution is 2.22. The summed E-state index contributed by atoms with van der Waals surface area (Å²) in [5, 5.41) is 13.8. The van der Waals surface area contributed by atoms with Gasteiger partial charge in [-0.3, -0.25) is 0 Å². The predicted molar refractivity (Wildman–Crippen MR) is 61.0 cm³/mol. The van der Waals surface area contributed by atoms with Crippen molar-refractivity contribution in [1.82, 2.24) is 9.78 Å². The predicted octanol–water partition coefficient (Wildman–Crippen LogP) is 2.37. The molecule has 0 aliphatic rings. The van der Waals surface area contributed by atoms with Crippen molar-refractivity contribution in [3.63, 3.8) is 0 Å². The fraction of sp³-hybridized carbons (Fsp3) is 0.250. The van der Waals surface area contributed by atoms with Crippen molar-refractivity contribution < 1.29 is 9.84 Å². The number of hydrogen-bond donors (Lipinski definition) is 1. The maximum atomic E-state index is 9.65. The van der Waals surface area contributed by atoms with E-state index >= 15 is 0 Å². The molecule has 0 aliphatic carbocycles. The number of rotatable bonds is 3. The first kappa shape index (κ1) is 10.5. The van der Waals surface area contributed by atoms with Crippen LogP contribution in [0, 0.1) is 0 Å². The van der Waals surface area contributed by atoms with Gasteiger partial charge in [0.1, 0.15) is 11.4 Å². The van der Waals surface area contributed by atoms with Crippen molar-refractivity contribution in [2.45, 2.75) is 20.0 Å². The van der Waals surface area contributed by atoms with Crippen LogP contribution in [0.25, 0.3) is 5.69 Å². The largest absolute Gasteiger partial charge is 0.506 e. The van der Waals surface area contributed by atoms with Crippen molar-refractivity contribution in [1.29, 1.82) is 0 Å². The average Bonchev–Trinajstić information content (AvgIpc) is 2.66. The van der Waals surface area contributed by atoms with Gasteiger partial charge in [0, 0.05) is 0 Å². The molecule has 4 nitrogen and oxygen atoms in total. The lowest BCUT2D eigenvalue weighted by Crippen LogP contribution is -2.04. The maximum Gasteiger partial charge on any atom is 0.158 e. The van der Waals surface area contributed by atoms with E-state index in [4.69, 9.17) is 4.74 Å². The second-order valence-corrected chi connectivity index (χ2v) is 3.78. The summed E-state index contributed by atoms with van der Waals surface area (Å²) in [7, 11) is 0. The third kappa shape index (κ3) is 2.16. The lowest BCUT2D eigenvalue weighted by molar-refractivity contribution is 0.242. The Labute approximate surface area is 94.1 Å². The van der Waals surface area contributed by atoms with Gasteiger partial charge in [0.25, 0.3) is 0 Å². The van der Waals surface area contributed by atoms with E-state index in [0.29, 0.717) is 11.4 Å². The van der Waals surface area contributed by atoms with Gasteiger partial charge in [-0.25, -0.2) is 4.68 Å². The van der Waals surface area contributed by atoms with E-state index in [2.05, 4.69) is 5.10 Å². The highest BCUT2D eigenvalue weighted by molar-refractivity contribution is 5.45. The maximum absolute atomic E-state index is 9.65. The minimum absolute atomic E-state index is 0.113. The van der Waals surface area contributed by atoms with E-state index in [0.717, 1.165) is 0 Å². The van der Waals surface area contributed by atoms with Crippen LogP contribution in [-0.2, 0) is 0 Å². The molecule has 2 rings (SSSR count). The van der Waals surface area contributed by atoms with Gasteiger partial charge < -0.3 is 9.84 Å². The van der Waals surface area contributed by atoms with E-state index in [9.17, 15) is 5.11 Å². The molecule has 84 valence electrons. The number of hydrogen-bond acceptors (Lipinski definition) is 3. The Morgan fingerprint density at radius 2 is 2.06 bits per heavy atom. The zero-order valence-electron chi connectivity index (χ0n) is 9.29. The molecule has 0 saturated heterocycles. The summed E-state index contributed by atoms with van der Waals surface area (Å²) in [5.74, 6) is 0.889. The van der Waals surface area contributed by atoms with Crippen LogP contribution in [-0.4, -0.2) is 21.0 Å². The number of aromatic hydroxyl groups is 1. The average molecular weight is 218 g/mol. The van der Waals surface area contributed by atoms with Gasteiger partial charge in [-0.2, -0.15) is 5.10 Å². The highest BCUT2D eigenvalue weighted by Gasteiger charge is 2.06. The molecular weight excluding hydrogens is 204 g/mol. The lowest BCUT2D eigenvalue weighted by Gasteiger charge is -2.06. The monoisotopic (exact) mass is 218 g/mol. The Bertz CT molecular complexity index is 477. The summed E-state index contributed by atoms with van der Waals surface area (Å²) in [5.41, 5.74) is 0.640. The zero-order valence-corrected chi connectivity index (χ0v) is 9.29. The lowest BCUT2D eigenvalue weighted by atomic mass is 10.3. The number of ether oxygens (including phenoxy) is 1. The topological polar surface area (TPSA) is 47.3 Å². The van der Waals surface area contributed by atoms with E-state index in [1.807, 2.05) is 19.9 Å². The third-order valence-corrected chi connectivity index (χ3v) is 2.06. The fourth-order valence-electron chi connectivity index (χ4n) is 1.43. The molecule has 0 bridgehead atoms. The van der Waals surface area contributed by atoms with Crippen LogP contribution in [0.15, 0.2) is 36.7 Å². The smallest absolute Gasteiger partial charge is 0.158 e. The minimum atomic E-state index is 0.113. The molecule has 0 amide bonds. The van der Waals surface area contributed by atoms with Crippen LogP contribution >= 0.6 is 0 Å². The van der Waals surface area contributed by atoms with Crippen LogP contribution in [0.4, 0.5) is 0 Å². The standard InChI is InChI=1S/C12H14N2O2/c1-9(2)16-10-7-13-14(8-10)11-5-3-4-6-12(11)15/h3-9,15H,1-2H3. The van der Waals surface area contributed by atoms with Crippen LogP contribution in [0.5, 0.6) is 11.5 Å². The minimum Gasteiger partial charge on any atom is -0.506 e. The summed E-state index contributed by atoms with van der Waals surface area (Å²) in [6.07, 6.45) is 3.49. The molecular formula is C12H14N2O2. The number of nitrogens with zero attached hydrogens (tertiary/aromatic N) is 2. The van der Waals surface area contributed by atoms with Gasteiger partial charge in [-0.05, 0) is 26.0 Å². The second kappa shape index (κ2) is 4.26. The van der Waals surface area contributed by atoms with Gasteiger partial charge in [-0.15, -0.1) is 0 Å². The summed E-state index contributed by atoms with van der Waals surface area (Å²) in [4.78, 5) is 0. The van der Waals surface area contributed by atoms with Crippen LogP contribution in [0.2, 0.25) is 0 Å². The van der Waals surface area contributed by atoms with Crippen LogP contribution < -0.4 is 4.74 Å². The first-order valence-corrected chi connectivity index (χ1v) is 5.16. The molecule has 1 N–H and O–H groups in total. The quantitative estimate of drug-likeness (QED) is 0.860. The molecule has 0 saturated carbocycles. The summed E-state index contributed by atoms with van der Waals surface area (Å²) in [6.45, 7) is 3.91. The van der Waals surface area contributed by atoms with E-state index in [1.54, 1.807) is 35.3 Å². The van der Waals surface area contributed by atoms with Gasteiger partial charge >= 0.3 is 0 Å². The van der Waals surface area contributed by atoms with Crippen molar-refractivity contribution >= 4 is 0 Å². The Balaban J connectivity index is 2.28. The molecule has 1 aromatic heterocycles. The number of phenols is 1. The van der Waals surface area contributed by atoms with Gasteiger partial charge in [0.2, 0.25) is 0 Å². The van der Waals surface area contributed by atoms with Gasteiger partial charge in [0.15, 0.2) is 5.75 Å². The summed E-state index contributed by atoms with van der Waals surface area (Å²) in [6, 6.07) is 7.04. The molecule has 16 heavy (non-hydrogen) atoms. The molecule has 0 unspecified atom stereocenters. The SMILES string of the molecule is CC(C)Oc1cnn(-c2ccccc2O)c1. The summed E-state index contributed by atoms with van der Waals surface area (Å²) < 4.78 is 7.08. The molecule has 0 aliphatic heterocycles. The Morgan fingerprint density at radius 3 is 2.75 bits per heavy atom. The first-order valence-electron chi connectivity index (χ1n) is 5.16. The van der Waals surface area contributed by atoms with Gasteiger partial charge in [0.05, 0.1) is 18.5 Å². The number of para-hydroxylation sites is 2. The molecule has 1 aromatic carbocycles. The molecule has 0 spiro atoms. The van der Waals surface area contributed by atoms with Crippen molar-refractivity contribution in [3.8, 4) is 17.2 Å². The van der Waals surface area contributed by atoms with E-state index in [-0.39, 0.29) is 11.9 Å². The molecule has 0 atom stereocenters. The first-order chi connectivity index (χ1) is 7.66. The van der Waals surface area contributed by atoms with Crippen molar-refractivity contribution in [2.24, 2.45) is 0 Å². The molecule has 0 fully saturated rings. The highest BCUT2D eigenvalue weighted by atomic mass is 16.5. The van der Waals surface area contributed by atoms with Gasteiger partial charge in [-0.1, -0.05) is 12.1 Å². The van der Waals surface area contributed by atoms with E-state index in [1.165, 1.54) is 0 Å². The number of benzene rings is 1. The van der Waals surface area contributed by atoms with Crippen LogP contribution in [0.1, 0.15) is 13.8 Å². The zero-order chi connectivity index (χ0) is 11.5. The van der Waals surface area contributed by atoms with E-state index < -0.39 is 0 Å². The molecule has 0 radical (unpaired) electrons. The van der Waals surface area contributed by atoms with Crippen molar-refractivity contribution in [2.75, 3.05) is 0 Å². The fourth-order valence-corrected chi connectivity index (χ4v) is 1.43. The van der Waals surface area contributed by atoms with Crippen molar-refractivity contribution in [3.05, 3.63) is 36.7 Å².